The summed E-state index contributed by atoms with van der Waals surface area (Å²) in [6, 6.07) is 0. The predicted octanol–water partition coefficient (Wildman–Crippen LogP) is 6.85. The third-order valence-corrected chi connectivity index (χ3v) is 5.78. The summed E-state index contributed by atoms with van der Waals surface area (Å²) in [6.07, 6.45) is 23.4. The maximum atomic E-state index is 9.56. The second-order valence-corrected chi connectivity index (χ2v) is 10.9. The summed E-state index contributed by atoms with van der Waals surface area (Å²) < 4.78 is 28.0. The second-order valence-electron chi connectivity index (χ2n) is 9.19. The maximum Gasteiger partial charge on any atom is 0.264 e. The molecule has 0 saturated heterocycles. The summed E-state index contributed by atoms with van der Waals surface area (Å²) in [7, 11) is 3.23. The second kappa shape index (κ2) is 20.2. The van der Waals surface area contributed by atoms with Gasteiger partial charge in [-0.2, -0.15) is 8.42 Å². The smallest absolute Gasteiger partial charge is 0.264 e. The first-order chi connectivity index (χ1) is 13.1. The van der Waals surface area contributed by atoms with Crippen LogP contribution in [0.4, 0.5) is 0 Å². The molecule has 172 valence electrons. The molecule has 0 heterocycles. The van der Waals surface area contributed by atoms with Crippen LogP contribution >= 0.6 is 0 Å². The molecule has 0 rings (SSSR count). The van der Waals surface area contributed by atoms with Crippen molar-refractivity contribution in [3.8, 4) is 0 Å². The minimum Gasteiger partial charge on any atom is -0.331 e. The first-order valence-corrected chi connectivity index (χ1v) is 13.5. The lowest BCUT2D eigenvalue weighted by atomic mass is 10.0. The van der Waals surface area contributed by atoms with Gasteiger partial charge < -0.3 is 4.48 Å². The summed E-state index contributed by atoms with van der Waals surface area (Å²) in [4.78, 5) is 0. The molecule has 0 amide bonds. The van der Waals surface area contributed by atoms with Crippen LogP contribution in [-0.4, -0.2) is 50.9 Å². The summed E-state index contributed by atoms with van der Waals surface area (Å²) in [5, 5.41) is 0. The molecule has 1 N–H and O–H groups in total. The fourth-order valence-electron chi connectivity index (χ4n) is 3.13. The average Bonchev–Trinajstić information content (AvgIpc) is 2.60. The Hall–Kier alpha value is -0.130. The zero-order valence-corrected chi connectivity index (χ0v) is 20.7. The molecule has 5 heteroatoms. The Morgan fingerprint density at radius 3 is 1.04 bits per heavy atom. The van der Waals surface area contributed by atoms with Crippen molar-refractivity contribution in [2.45, 2.75) is 117 Å². The van der Waals surface area contributed by atoms with Crippen LogP contribution in [0, 0.1) is 0 Å². The van der Waals surface area contributed by atoms with Crippen LogP contribution in [0.15, 0.2) is 0 Å². The van der Waals surface area contributed by atoms with E-state index in [2.05, 4.69) is 28.1 Å². The SMILES string of the molecule is CCCCCCCCCCCCCCCCCC[N+](C)(C)C.CCS(=O)(=O)O. The van der Waals surface area contributed by atoms with Crippen LogP contribution in [0.25, 0.3) is 0 Å². The van der Waals surface area contributed by atoms with Crippen molar-refractivity contribution in [3.63, 3.8) is 0 Å². The molecular weight excluding hydrogens is 370 g/mol. The van der Waals surface area contributed by atoms with E-state index in [0.29, 0.717) is 0 Å². The Morgan fingerprint density at radius 1 is 0.571 bits per heavy atom. The zero-order chi connectivity index (χ0) is 21.7. The van der Waals surface area contributed by atoms with Gasteiger partial charge in [-0.1, -0.05) is 96.8 Å². The Morgan fingerprint density at radius 2 is 0.821 bits per heavy atom. The van der Waals surface area contributed by atoms with Crippen LogP contribution in [0.2, 0.25) is 0 Å². The normalized spacial score (nSPS) is 11.9. The molecule has 0 aliphatic rings. The number of quaternary nitrogens is 1. The molecule has 0 bridgehead atoms. The van der Waals surface area contributed by atoms with Crippen LogP contribution in [-0.2, 0) is 10.1 Å². The van der Waals surface area contributed by atoms with Gasteiger partial charge in [-0.05, 0) is 19.8 Å². The van der Waals surface area contributed by atoms with Crippen LogP contribution in [0.5, 0.6) is 0 Å². The molecule has 0 saturated carbocycles. The molecule has 0 atom stereocenters. The third kappa shape index (κ3) is 33.5. The molecule has 0 aliphatic heterocycles. The van der Waals surface area contributed by atoms with Crippen molar-refractivity contribution in [2.24, 2.45) is 0 Å². The summed E-state index contributed by atoms with van der Waals surface area (Å²) in [6.45, 7) is 5.00. The van der Waals surface area contributed by atoms with E-state index in [0.717, 1.165) is 4.48 Å². The highest BCUT2D eigenvalue weighted by atomic mass is 32.2. The number of nitrogens with zero attached hydrogens (tertiary/aromatic N) is 1. The number of rotatable bonds is 18. The molecule has 0 spiro atoms. The van der Waals surface area contributed by atoms with E-state index in [1.54, 1.807) is 0 Å². The Labute approximate surface area is 177 Å². The largest absolute Gasteiger partial charge is 0.331 e. The molecule has 0 aromatic carbocycles. The van der Waals surface area contributed by atoms with Crippen molar-refractivity contribution < 1.29 is 17.5 Å². The van der Waals surface area contributed by atoms with Crippen molar-refractivity contribution in [1.82, 2.24) is 0 Å². The molecule has 0 unspecified atom stereocenters. The number of hydrogen-bond donors (Lipinski definition) is 1. The van der Waals surface area contributed by atoms with Crippen molar-refractivity contribution in [2.75, 3.05) is 33.4 Å². The highest BCUT2D eigenvalue weighted by molar-refractivity contribution is 7.85. The van der Waals surface area contributed by atoms with Crippen LogP contribution in [0.3, 0.4) is 0 Å². The topological polar surface area (TPSA) is 54.4 Å². The van der Waals surface area contributed by atoms with Crippen molar-refractivity contribution in [1.29, 1.82) is 0 Å². The highest BCUT2D eigenvalue weighted by Gasteiger charge is 2.04. The summed E-state index contributed by atoms with van der Waals surface area (Å²) in [5.41, 5.74) is 0. The van der Waals surface area contributed by atoms with E-state index < -0.39 is 10.1 Å². The van der Waals surface area contributed by atoms with Gasteiger partial charge in [0.15, 0.2) is 0 Å². The number of hydrogen-bond acceptors (Lipinski definition) is 2. The van der Waals surface area contributed by atoms with E-state index in [1.165, 1.54) is 116 Å². The molecule has 0 aromatic rings. The average molecular weight is 423 g/mol. The highest BCUT2D eigenvalue weighted by Crippen LogP contribution is 2.13. The fraction of sp³-hybridized carbons (Fsp3) is 1.00. The van der Waals surface area contributed by atoms with Gasteiger partial charge in [-0.15, -0.1) is 0 Å². The molecule has 28 heavy (non-hydrogen) atoms. The Balaban J connectivity index is 0. The molecule has 0 aliphatic carbocycles. The monoisotopic (exact) mass is 422 g/mol. The van der Waals surface area contributed by atoms with Crippen LogP contribution < -0.4 is 0 Å². The van der Waals surface area contributed by atoms with Crippen molar-refractivity contribution in [3.05, 3.63) is 0 Å². The Kier molecular flexibility index (Phi) is 21.6. The minimum absolute atomic E-state index is 0.201. The lowest BCUT2D eigenvalue weighted by molar-refractivity contribution is -0.870. The van der Waals surface area contributed by atoms with E-state index >= 15 is 0 Å². The standard InChI is InChI=1S/C21H46N.C2H6O3S/c1-5-6-7-8-9-10-11-12-13-14-15-16-17-18-19-20-21-22(2,3)4;1-2-6(3,4)5/h5-21H2,1-4H3;2H2,1H3,(H,3,4,5)/q+1;. The summed E-state index contributed by atoms with van der Waals surface area (Å²) >= 11 is 0. The molecule has 0 aromatic heterocycles. The molecule has 0 radical (unpaired) electrons. The first-order valence-electron chi connectivity index (χ1n) is 11.9. The van der Waals surface area contributed by atoms with Gasteiger partial charge in [0.05, 0.1) is 33.4 Å². The molecule has 0 fully saturated rings. The van der Waals surface area contributed by atoms with E-state index in [9.17, 15) is 8.42 Å². The predicted molar refractivity (Wildman–Crippen MR) is 125 cm³/mol. The fourth-order valence-corrected chi connectivity index (χ4v) is 3.13. The third-order valence-electron chi connectivity index (χ3n) is 5.05. The first kappa shape index (κ1) is 30.1. The van der Waals surface area contributed by atoms with E-state index in [1.807, 2.05) is 0 Å². The van der Waals surface area contributed by atoms with E-state index in [-0.39, 0.29) is 5.75 Å². The summed E-state index contributed by atoms with van der Waals surface area (Å²) in [5.74, 6) is -0.201. The molecule has 4 nitrogen and oxygen atoms in total. The molecular formula is C23H52NO3S+. The quantitative estimate of drug-likeness (QED) is 0.149. The van der Waals surface area contributed by atoms with Gasteiger partial charge in [-0.3, -0.25) is 4.55 Å². The van der Waals surface area contributed by atoms with Gasteiger partial charge in [0.2, 0.25) is 0 Å². The van der Waals surface area contributed by atoms with Gasteiger partial charge in [0.1, 0.15) is 0 Å². The number of unbranched alkanes of at least 4 members (excludes halogenated alkanes) is 15. The Bertz CT molecular complexity index is 403. The van der Waals surface area contributed by atoms with Gasteiger partial charge in [0.25, 0.3) is 10.1 Å². The lowest BCUT2D eigenvalue weighted by Gasteiger charge is -2.23. The van der Waals surface area contributed by atoms with Gasteiger partial charge >= 0.3 is 0 Å². The van der Waals surface area contributed by atoms with Gasteiger partial charge in [0, 0.05) is 0 Å². The lowest BCUT2D eigenvalue weighted by Crippen LogP contribution is -2.35. The minimum atomic E-state index is -3.66. The van der Waals surface area contributed by atoms with Crippen molar-refractivity contribution >= 4 is 10.1 Å². The van der Waals surface area contributed by atoms with Gasteiger partial charge in [-0.25, -0.2) is 0 Å². The maximum absolute atomic E-state index is 9.56. The van der Waals surface area contributed by atoms with Crippen LogP contribution in [0.1, 0.15) is 117 Å². The zero-order valence-electron chi connectivity index (χ0n) is 19.8. The van der Waals surface area contributed by atoms with E-state index in [4.69, 9.17) is 4.55 Å².